The van der Waals surface area contributed by atoms with Gasteiger partial charge in [-0.05, 0) is 6.07 Å². The minimum atomic E-state index is -0.813. The first-order valence-electron chi connectivity index (χ1n) is 6.44. The van der Waals surface area contributed by atoms with Crippen molar-refractivity contribution in [2.24, 2.45) is 5.41 Å². The van der Waals surface area contributed by atoms with Gasteiger partial charge in [0, 0.05) is 36.2 Å². The molecule has 0 N–H and O–H groups in total. The molecule has 1 aromatic rings. The summed E-state index contributed by atoms with van der Waals surface area (Å²) in [5, 5.41) is 10.9. The van der Waals surface area contributed by atoms with E-state index >= 15 is 0 Å². The molecule has 0 amide bonds. The summed E-state index contributed by atoms with van der Waals surface area (Å²) in [6, 6.07) is 3.89. The number of nitro benzene ring substituents is 1. The van der Waals surface area contributed by atoms with Crippen LogP contribution in [0.1, 0.15) is 24.2 Å². The first kappa shape index (κ1) is 15.5. The molecule has 0 aliphatic carbocycles. The Balaban J connectivity index is 2.37. The molecule has 0 radical (unpaired) electrons. The van der Waals surface area contributed by atoms with Gasteiger partial charge >= 0.3 is 13.1 Å². The van der Waals surface area contributed by atoms with Gasteiger partial charge in [-0.25, -0.2) is 4.79 Å². The van der Waals surface area contributed by atoms with Crippen LogP contribution >= 0.6 is 0 Å². The Morgan fingerprint density at radius 2 is 2.00 bits per heavy atom. The standard InChI is InChI=1S/C13H16BNO6/c1-13(2)7-20-14(21-8-13)11-6-9(15(17)18)4-5-10(11)12(16)19-3/h4-6H,7-8H2,1-3H3. The van der Waals surface area contributed by atoms with Crippen LogP contribution in [0, 0.1) is 15.5 Å². The summed E-state index contributed by atoms with van der Waals surface area (Å²) in [6.45, 7) is 4.83. The molecule has 7 nitrogen and oxygen atoms in total. The van der Waals surface area contributed by atoms with Crippen LogP contribution < -0.4 is 5.46 Å². The van der Waals surface area contributed by atoms with Gasteiger partial charge in [-0.15, -0.1) is 0 Å². The lowest BCUT2D eigenvalue weighted by molar-refractivity contribution is -0.384. The van der Waals surface area contributed by atoms with Crippen LogP contribution in [0.25, 0.3) is 0 Å². The fraction of sp³-hybridized carbons (Fsp3) is 0.462. The van der Waals surface area contributed by atoms with Crippen molar-refractivity contribution in [1.82, 2.24) is 0 Å². The maximum atomic E-state index is 11.8. The lowest BCUT2D eigenvalue weighted by Crippen LogP contribution is -2.49. The topological polar surface area (TPSA) is 87.9 Å². The molecule has 8 heteroatoms. The molecule has 112 valence electrons. The Hall–Kier alpha value is -1.93. The molecule has 1 aromatic carbocycles. The lowest BCUT2D eigenvalue weighted by atomic mass is 9.73. The SMILES string of the molecule is COC(=O)c1ccc([N+](=O)[O-])cc1B1OCC(C)(C)CO1. The molecule has 0 bridgehead atoms. The van der Waals surface area contributed by atoms with E-state index in [1.165, 1.54) is 25.3 Å². The predicted molar refractivity (Wildman–Crippen MR) is 75.5 cm³/mol. The van der Waals surface area contributed by atoms with E-state index in [-0.39, 0.29) is 16.7 Å². The summed E-state index contributed by atoms with van der Waals surface area (Å²) in [5.74, 6) is -0.586. The van der Waals surface area contributed by atoms with E-state index in [2.05, 4.69) is 4.74 Å². The Kier molecular flexibility index (Phi) is 4.29. The molecular weight excluding hydrogens is 277 g/mol. The third-order valence-electron chi connectivity index (χ3n) is 3.16. The van der Waals surface area contributed by atoms with Crippen LogP contribution in [-0.4, -0.2) is 38.3 Å². The monoisotopic (exact) mass is 293 g/mol. The van der Waals surface area contributed by atoms with Gasteiger partial charge in [-0.1, -0.05) is 13.8 Å². The fourth-order valence-corrected chi connectivity index (χ4v) is 2.03. The van der Waals surface area contributed by atoms with Crippen molar-refractivity contribution < 1.29 is 23.8 Å². The number of hydrogen-bond donors (Lipinski definition) is 0. The molecule has 21 heavy (non-hydrogen) atoms. The number of rotatable bonds is 3. The van der Waals surface area contributed by atoms with Gasteiger partial charge in [0.1, 0.15) is 0 Å². The molecule has 0 unspecified atom stereocenters. The van der Waals surface area contributed by atoms with Crippen LogP contribution in [0.2, 0.25) is 0 Å². The predicted octanol–water partition coefficient (Wildman–Crippen LogP) is 1.15. The largest absolute Gasteiger partial charge is 0.495 e. The highest BCUT2D eigenvalue weighted by molar-refractivity contribution is 6.63. The van der Waals surface area contributed by atoms with E-state index in [1.54, 1.807) is 0 Å². The number of carbonyl (C=O) groups excluding carboxylic acids is 1. The highest BCUT2D eigenvalue weighted by Crippen LogP contribution is 2.22. The summed E-state index contributed by atoms with van der Waals surface area (Å²) < 4.78 is 15.9. The van der Waals surface area contributed by atoms with Crippen molar-refractivity contribution in [2.45, 2.75) is 13.8 Å². The van der Waals surface area contributed by atoms with Crippen molar-refractivity contribution in [2.75, 3.05) is 20.3 Å². The Morgan fingerprint density at radius 1 is 1.38 bits per heavy atom. The first-order valence-corrected chi connectivity index (χ1v) is 6.44. The molecule has 0 saturated carbocycles. The van der Waals surface area contributed by atoms with Gasteiger partial charge in [0.2, 0.25) is 0 Å². The van der Waals surface area contributed by atoms with Crippen molar-refractivity contribution >= 4 is 24.2 Å². The number of benzene rings is 1. The number of hydrogen-bond acceptors (Lipinski definition) is 6. The molecule has 0 aromatic heterocycles. The quantitative estimate of drug-likeness (QED) is 0.359. The third-order valence-corrected chi connectivity index (χ3v) is 3.16. The van der Waals surface area contributed by atoms with E-state index in [9.17, 15) is 14.9 Å². The Labute approximate surface area is 122 Å². The van der Waals surface area contributed by atoms with E-state index in [4.69, 9.17) is 9.31 Å². The summed E-state index contributed by atoms with van der Waals surface area (Å²) in [6.07, 6.45) is 0. The number of nitro groups is 1. The highest BCUT2D eigenvalue weighted by Gasteiger charge is 2.36. The number of carbonyl (C=O) groups is 1. The zero-order chi connectivity index (χ0) is 15.6. The van der Waals surface area contributed by atoms with Crippen LogP contribution in [0.4, 0.5) is 5.69 Å². The van der Waals surface area contributed by atoms with Gasteiger partial charge in [0.05, 0.1) is 17.6 Å². The number of nitrogens with zero attached hydrogens (tertiary/aromatic N) is 1. The Bertz CT molecular complexity index is 564. The van der Waals surface area contributed by atoms with Crippen molar-refractivity contribution in [3.8, 4) is 0 Å². The molecular formula is C13H16BNO6. The molecule has 1 aliphatic heterocycles. The smallest absolute Gasteiger partial charge is 0.465 e. The minimum absolute atomic E-state index is 0.130. The molecule has 2 rings (SSSR count). The van der Waals surface area contributed by atoms with E-state index in [0.717, 1.165) is 0 Å². The van der Waals surface area contributed by atoms with Gasteiger partial charge in [0.25, 0.3) is 5.69 Å². The van der Waals surface area contributed by atoms with Crippen LogP contribution in [0.5, 0.6) is 0 Å². The second-order valence-corrected chi connectivity index (χ2v) is 5.64. The second kappa shape index (κ2) is 5.83. The van der Waals surface area contributed by atoms with E-state index in [0.29, 0.717) is 18.7 Å². The summed E-state index contributed by atoms with van der Waals surface area (Å²) in [7, 11) is 0.436. The fourth-order valence-electron chi connectivity index (χ4n) is 2.03. The molecule has 1 fully saturated rings. The average Bonchev–Trinajstić information content (AvgIpc) is 2.45. The van der Waals surface area contributed by atoms with Gasteiger partial charge in [-0.2, -0.15) is 0 Å². The van der Waals surface area contributed by atoms with Crippen molar-refractivity contribution in [1.29, 1.82) is 0 Å². The number of methoxy groups -OCH3 is 1. The second-order valence-electron chi connectivity index (χ2n) is 5.64. The number of esters is 1. The molecule has 0 spiro atoms. The maximum Gasteiger partial charge on any atom is 0.495 e. The molecule has 1 heterocycles. The summed E-state index contributed by atoms with van der Waals surface area (Å²) in [4.78, 5) is 22.1. The van der Waals surface area contributed by atoms with Crippen LogP contribution in [-0.2, 0) is 14.0 Å². The van der Waals surface area contributed by atoms with E-state index in [1.807, 2.05) is 13.8 Å². The number of ether oxygens (including phenoxy) is 1. The molecule has 1 saturated heterocycles. The van der Waals surface area contributed by atoms with Gasteiger partial charge < -0.3 is 14.0 Å². The molecule has 1 aliphatic rings. The third kappa shape index (κ3) is 3.40. The van der Waals surface area contributed by atoms with Crippen molar-refractivity contribution in [3.63, 3.8) is 0 Å². The Morgan fingerprint density at radius 3 is 2.52 bits per heavy atom. The van der Waals surface area contributed by atoms with Gasteiger partial charge in [0.15, 0.2) is 0 Å². The normalized spacial score (nSPS) is 17.4. The first-order chi connectivity index (χ1) is 9.84. The van der Waals surface area contributed by atoms with Crippen LogP contribution in [0.15, 0.2) is 18.2 Å². The molecule has 0 atom stereocenters. The lowest BCUT2D eigenvalue weighted by Gasteiger charge is -2.33. The van der Waals surface area contributed by atoms with Crippen molar-refractivity contribution in [3.05, 3.63) is 33.9 Å². The highest BCUT2D eigenvalue weighted by atomic mass is 16.6. The zero-order valence-electron chi connectivity index (χ0n) is 12.1. The van der Waals surface area contributed by atoms with Crippen LogP contribution in [0.3, 0.4) is 0 Å². The maximum absolute atomic E-state index is 11.8. The van der Waals surface area contributed by atoms with Gasteiger partial charge in [-0.3, -0.25) is 10.1 Å². The number of non-ortho nitro benzene ring substituents is 1. The van der Waals surface area contributed by atoms with E-state index < -0.39 is 18.0 Å². The average molecular weight is 293 g/mol. The summed E-state index contributed by atoms with van der Waals surface area (Å²) in [5.41, 5.74) is 0.247. The minimum Gasteiger partial charge on any atom is -0.465 e. The zero-order valence-corrected chi connectivity index (χ0v) is 12.1. The summed E-state index contributed by atoms with van der Waals surface area (Å²) >= 11 is 0.